The fourth-order valence-corrected chi connectivity index (χ4v) is 2.67. The Morgan fingerprint density at radius 3 is 2.79 bits per heavy atom. The minimum Gasteiger partial charge on any atom is -0.497 e. The summed E-state index contributed by atoms with van der Waals surface area (Å²) in [5.41, 5.74) is 1.37. The maximum absolute atomic E-state index is 12.5. The first-order valence-electron chi connectivity index (χ1n) is 6.55. The van der Waals surface area contributed by atoms with Gasteiger partial charge in [-0.15, -0.1) is 0 Å². The Morgan fingerprint density at radius 1 is 1.26 bits per heavy atom. The number of methoxy groups -OCH3 is 1. The van der Waals surface area contributed by atoms with Gasteiger partial charge < -0.3 is 20.1 Å². The molecule has 0 bridgehead atoms. The van der Waals surface area contributed by atoms with Crippen LogP contribution in [0.25, 0.3) is 0 Å². The number of fused-ring (bicyclic) bond motifs is 1. The highest BCUT2D eigenvalue weighted by molar-refractivity contribution is 6.00. The molecule has 0 atom stereocenters. The number of benzene rings is 1. The van der Waals surface area contributed by atoms with E-state index in [2.05, 4.69) is 10.6 Å². The van der Waals surface area contributed by atoms with Crippen molar-refractivity contribution in [2.24, 2.45) is 5.41 Å². The summed E-state index contributed by atoms with van der Waals surface area (Å²) in [5.74, 6) is 0.871. The number of carbonyl (C=O) groups is 1. The molecule has 2 aliphatic rings. The highest BCUT2D eigenvalue weighted by Gasteiger charge is 2.41. The number of ether oxygens (including phenoxy) is 2. The van der Waals surface area contributed by atoms with Crippen molar-refractivity contribution in [3.8, 4) is 5.75 Å². The first kappa shape index (κ1) is 12.3. The number of nitrogens with one attached hydrogen (secondary N) is 2. The number of amides is 1. The molecule has 1 spiro atoms. The molecule has 1 amide bonds. The lowest BCUT2D eigenvalue weighted by molar-refractivity contribution is -0.129. The second kappa shape index (κ2) is 4.74. The predicted octanol–water partition coefficient (Wildman–Crippen LogP) is 1.86. The van der Waals surface area contributed by atoms with Crippen molar-refractivity contribution in [2.45, 2.75) is 12.8 Å². The van der Waals surface area contributed by atoms with Crippen LogP contribution in [0.5, 0.6) is 5.75 Å². The van der Waals surface area contributed by atoms with E-state index in [0.717, 1.165) is 30.0 Å². The highest BCUT2D eigenvalue weighted by atomic mass is 16.5. The van der Waals surface area contributed by atoms with Crippen LogP contribution < -0.4 is 15.4 Å². The topological polar surface area (TPSA) is 59.6 Å². The summed E-state index contributed by atoms with van der Waals surface area (Å²) >= 11 is 0. The van der Waals surface area contributed by atoms with Crippen LogP contribution in [0.15, 0.2) is 18.2 Å². The van der Waals surface area contributed by atoms with Crippen molar-refractivity contribution in [1.82, 2.24) is 0 Å². The first-order valence-corrected chi connectivity index (χ1v) is 6.55. The molecule has 1 saturated heterocycles. The molecule has 3 rings (SSSR count). The third-order valence-corrected chi connectivity index (χ3v) is 4.02. The summed E-state index contributed by atoms with van der Waals surface area (Å²) in [6.45, 7) is 1.94. The molecular formula is C14H18N2O3. The van der Waals surface area contributed by atoms with Gasteiger partial charge in [0.25, 0.3) is 0 Å². The number of anilines is 2. The molecule has 2 aliphatic heterocycles. The zero-order chi connectivity index (χ0) is 13.3. The smallest absolute Gasteiger partial charge is 0.232 e. The van der Waals surface area contributed by atoms with Crippen LogP contribution in [0.4, 0.5) is 11.4 Å². The van der Waals surface area contributed by atoms with Gasteiger partial charge in [0.1, 0.15) is 5.75 Å². The second-order valence-corrected chi connectivity index (χ2v) is 5.11. The van der Waals surface area contributed by atoms with Crippen LogP contribution in [-0.4, -0.2) is 32.8 Å². The van der Waals surface area contributed by atoms with E-state index < -0.39 is 0 Å². The average molecular weight is 262 g/mol. The summed E-state index contributed by atoms with van der Waals surface area (Å²) in [7, 11) is 1.64. The molecule has 1 aromatic carbocycles. The molecule has 5 heteroatoms. The van der Waals surface area contributed by atoms with E-state index in [4.69, 9.17) is 9.47 Å². The van der Waals surface area contributed by atoms with E-state index >= 15 is 0 Å². The van der Waals surface area contributed by atoms with Gasteiger partial charge in [-0.05, 0) is 25.0 Å². The monoisotopic (exact) mass is 262 g/mol. The van der Waals surface area contributed by atoms with Gasteiger partial charge in [0.05, 0.1) is 23.9 Å². The van der Waals surface area contributed by atoms with E-state index in [1.54, 1.807) is 7.11 Å². The SMILES string of the molecule is COc1ccc2c(c1)NCC1(CCOCC1)C(=O)N2. The van der Waals surface area contributed by atoms with Crippen LogP contribution in [0, 0.1) is 5.41 Å². The van der Waals surface area contributed by atoms with E-state index in [0.29, 0.717) is 19.8 Å². The van der Waals surface area contributed by atoms with Gasteiger partial charge in [-0.1, -0.05) is 0 Å². The molecular weight excluding hydrogens is 244 g/mol. The normalized spacial score (nSPS) is 21.0. The summed E-state index contributed by atoms with van der Waals surface area (Å²) < 4.78 is 10.6. The van der Waals surface area contributed by atoms with E-state index in [1.807, 2.05) is 18.2 Å². The van der Waals surface area contributed by atoms with E-state index in [-0.39, 0.29) is 11.3 Å². The maximum atomic E-state index is 12.5. The van der Waals surface area contributed by atoms with E-state index in [1.165, 1.54) is 0 Å². The Morgan fingerprint density at radius 2 is 2.05 bits per heavy atom. The number of hydrogen-bond donors (Lipinski definition) is 2. The Kier molecular flexibility index (Phi) is 3.06. The Balaban J connectivity index is 1.90. The molecule has 0 radical (unpaired) electrons. The zero-order valence-electron chi connectivity index (χ0n) is 11.0. The molecule has 0 aliphatic carbocycles. The van der Waals surface area contributed by atoms with Crippen molar-refractivity contribution < 1.29 is 14.3 Å². The average Bonchev–Trinajstić information content (AvgIpc) is 2.58. The van der Waals surface area contributed by atoms with Crippen molar-refractivity contribution in [3.63, 3.8) is 0 Å². The quantitative estimate of drug-likeness (QED) is 0.811. The van der Waals surface area contributed by atoms with Gasteiger partial charge in [-0.25, -0.2) is 0 Å². The minimum absolute atomic E-state index is 0.0900. The van der Waals surface area contributed by atoms with Crippen LogP contribution >= 0.6 is 0 Å². The second-order valence-electron chi connectivity index (χ2n) is 5.11. The highest BCUT2D eigenvalue weighted by Crippen LogP contribution is 2.38. The third-order valence-electron chi connectivity index (χ3n) is 4.02. The molecule has 0 unspecified atom stereocenters. The zero-order valence-corrected chi connectivity index (χ0v) is 11.0. The summed E-state index contributed by atoms with van der Waals surface area (Å²) in [6, 6.07) is 5.63. The van der Waals surface area contributed by atoms with Crippen molar-refractivity contribution in [1.29, 1.82) is 0 Å². The van der Waals surface area contributed by atoms with Crippen molar-refractivity contribution in [3.05, 3.63) is 18.2 Å². The van der Waals surface area contributed by atoms with Crippen LogP contribution in [0.1, 0.15) is 12.8 Å². The van der Waals surface area contributed by atoms with Crippen LogP contribution in [-0.2, 0) is 9.53 Å². The van der Waals surface area contributed by atoms with Crippen molar-refractivity contribution in [2.75, 3.05) is 37.5 Å². The molecule has 1 fully saturated rings. The number of hydrogen-bond acceptors (Lipinski definition) is 4. The predicted molar refractivity (Wildman–Crippen MR) is 72.6 cm³/mol. The first-order chi connectivity index (χ1) is 9.23. The van der Waals surface area contributed by atoms with Crippen LogP contribution in [0.3, 0.4) is 0 Å². The summed E-state index contributed by atoms with van der Waals surface area (Å²) in [5, 5.41) is 6.39. The lowest BCUT2D eigenvalue weighted by atomic mass is 9.79. The third kappa shape index (κ3) is 2.14. The summed E-state index contributed by atoms with van der Waals surface area (Å²) in [4.78, 5) is 12.5. The van der Waals surface area contributed by atoms with Gasteiger partial charge in [0, 0.05) is 25.8 Å². The minimum atomic E-state index is -0.357. The van der Waals surface area contributed by atoms with Gasteiger partial charge in [0.15, 0.2) is 0 Å². The summed E-state index contributed by atoms with van der Waals surface area (Å²) in [6.07, 6.45) is 1.52. The van der Waals surface area contributed by atoms with Gasteiger partial charge in [-0.2, -0.15) is 0 Å². The number of rotatable bonds is 1. The molecule has 0 aromatic heterocycles. The maximum Gasteiger partial charge on any atom is 0.232 e. The largest absolute Gasteiger partial charge is 0.497 e. The molecule has 19 heavy (non-hydrogen) atoms. The van der Waals surface area contributed by atoms with Gasteiger partial charge in [0.2, 0.25) is 5.91 Å². The van der Waals surface area contributed by atoms with Crippen molar-refractivity contribution >= 4 is 17.3 Å². The Hall–Kier alpha value is -1.75. The van der Waals surface area contributed by atoms with E-state index in [9.17, 15) is 4.79 Å². The fraction of sp³-hybridized carbons (Fsp3) is 0.500. The standard InChI is InChI=1S/C14H18N2O3/c1-18-10-2-3-11-12(8-10)15-9-14(13(17)16-11)4-6-19-7-5-14/h2-3,8,15H,4-7,9H2,1H3,(H,16,17). The van der Waals surface area contributed by atoms with Crippen LogP contribution in [0.2, 0.25) is 0 Å². The molecule has 5 nitrogen and oxygen atoms in total. The molecule has 2 heterocycles. The molecule has 102 valence electrons. The molecule has 2 N–H and O–H groups in total. The lowest BCUT2D eigenvalue weighted by Gasteiger charge is -2.34. The number of carbonyl (C=O) groups excluding carboxylic acids is 1. The van der Waals surface area contributed by atoms with Gasteiger partial charge in [-0.3, -0.25) is 4.79 Å². The van der Waals surface area contributed by atoms with Gasteiger partial charge >= 0.3 is 0 Å². The Labute approximate surface area is 112 Å². The fourth-order valence-electron chi connectivity index (χ4n) is 2.67. The Bertz CT molecular complexity index is 495. The molecule has 0 saturated carbocycles. The molecule has 1 aromatic rings. The lowest BCUT2D eigenvalue weighted by Crippen LogP contribution is -2.44.